The topological polar surface area (TPSA) is 46.2 Å². The second-order valence-electron chi connectivity index (χ2n) is 4.70. The molecule has 1 aromatic carbocycles. The average molecular weight is 273 g/mol. The maximum Gasteiger partial charge on any atom is 0.151 e. The molecule has 5 heteroatoms. The lowest BCUT2D eigenvalue weighted by atomic mass is 9.99. The van der Waals surface area contributed by atoms with E-state index < -0.39 is 15.1 Å². The lowest BCUT2D eigenvalue weighted by molar-refractivity contribution is 0.515. The number of rotatable bonds is 5. The van der Waals surface area contributed by atoms with Crippen LogP contribution in [0.25, 0.3) is 0 Å². The lowest BCUT2D eigenvalue weighted by Gasteiger charge is -2.23. The van der Waals surface area contributed by atoms with Gasteiger partial charge in [0.2, 0.25) is 0 Å². The Morgan fingerprint density at radius 2 is 2.00 bits per heavy atom. The Morgan fingerprint density at radius 3 is 2.44 bits per heavy atom. The summed E-state index contributed by atoms with van der Waals surface area (Å²) < 4.78 is 36.1. The van der Waals surface area contributed by atoms with E-state index >= 15 is 0 Å². The number of hydrogen-bond acceptors (Lipinski definition) is 3. The minimum absolute atomic E-state index is 0.177. The second-order valence-corrected chi connectivity index (χ2v) is 7.11. The van der Waals surface area contributed by atoms with Gasteiger partial charge in [0, 0.05) is 12.3 Å². The van der Waals surface area contributed by atoms with Crippen molar-refractivity contribution in [1.29, 1.82) is 0 Å². The summed E-state index contributed by atoms with van der Waals surface area (Å²) in [6.07, 6.45) is 1.80. The molecule has 0 bridgehead atoms. The van der Waals surface area contributed by atoms with E-state index in [9.17, 15) is 12.8 Å². The summed E-state index contributed by atoms with van der Waals surface area (Å²) in [6.45, 7) is 3.52. The van der Waals surface area contributed by atoms with Crippen molar-refractivity contribution < 1.29 is 12.8 Å². The van der Waals surface area contributed by atoms with E-state index in [4.69, 9.17) is 0 Å². The Kier molecular flexibility index (Phi) is 4.87. The van der Waals surface area contributed by atoms with Gasteiger partial charge in [-0.15, -0.1) is 0 Å². The third kappa shape index (κ3) is 3.78. The van der Waals surface area contributed by atoms with Crippen LogP contribution in [0.2, 0.25) is 0 Å². The number of halogens is 1. The number of hydrogen-bond donors (Lipinski definition) is 1. The molecule has 0 aliphatic rings. The van der Waals surface area contributed by atoms with Crippen LogP contribution in [0.1, 0.15) is 18.1 Å². The smallest absolute Gasteiger partial charge is 0.151 e. The van der Waals surface area contributed by atoms with Gasteiger partial charge in [-0.05, 0) is 50.6 Å². The van der Waals surface area contributed by atoms with Crippen molar-refractivity contribution in [2.45, 2.75) is 31.6 Å². The molecule has 0 saturated carbocycles. The fourth-order valence-corrected chi connectivity index (χ4v) is 2.76. The van der Waals surface area contributed by atoms with Gasteiger partial charge in [0.1, 0.15) is 5.82 Å². The van der Waals surface area contributed by atoms with Gasteiger partial charge in [-0.25, -0.2) is 12.8 Å². The maximum atomic E-state index is 13.0. The predicted octanol–water partition coefficient (Wildman–Crippen LogP) is 1.70. The molecule has 0 aliphatic heterocycles. The van der Waals surface area contributed by atoms with Crippen molar-refractivity contribution in [3.8, 4) is 0 Å². The van der Waals surface area contributed by atoms with E-state index in [2.05, 4.69) is 5.32 Å². The summed E-state index contributed by atoms with van der Waals surface area (Å²) in [7, 11) is -1.35. The standard InChI is InChI=1S/C13H20FNO2S/c1-9-7-12(14)6-5-11(9)8-13(15-3)10(2)18(4,16)17/h5-7,10,13,15H,8H2,1-4H3. The molecule has 0 aliphatic carbocycles. The summed E-state index contributed by atoms with van der Waals surface area (Å²) in [6, 6.07) is 4.40. The van der Waals surface area contributed by atoms with Gasteiger partial charge in [-0.3, -0.25) is 0 Å². The van der Waals surface area contributed by atoms with E-state index in [0.717, 1.165) is 11.1 Å². The molecule has 2 unspecified atom stereocenters. The molecular weight excluding hydrogens is 253 g/mol. The molecule has 0 heterocycles. The largest absolute Gasteiger partial charge is 0.315 e. The Labute approximate surface area is 108 Å². The van der Waals surface area contributed by atoms with Crippen LogP contribution >= 0.6 is 0 Å². The lowest BCUT2D eigenvalue weighted by Crippen LogP contribution is -2.42. The van der Waals surface area contributed by atoms with Crippen LogP contribution in [0.15, 0.2) is 18.2 Å². The summed E-state index contributed by atoms with van der Waals surface area (Å²) in [5, 5.41) is 2.55. The molecule has 0 spiro atoms. The van der Waals surface area contributed by atoms with Crippen molar-refractivity contribution in [3.63, 3.8) is 0 Å². The van der Waals surface area contributed by atoms with Gasteiger partial charge in [0.25, 0.3) is 0 Å². The van der Waals surface area contributed by atoms with E-state index in [1.807, 2.05) is 6.92 Å². The number of likely N-dealkylation sites (N-methyl/N-ethyl adjacent to an activating group) is 1. The van der Waals surface area contributed by atoms with E-state index in [0.29, 0.717) is 6.42 Å². The SMILES string of the molecule is CNC(Cc1ccc(F)cc1C)C(C)S(C)(=O)=O. The zero-order valence-corrected chi connectivity index (χ0v) is 12.0. The molecule has 3 nitrogen and oxygen atoms in total. The fourth-order valence-electron chi connectivity index (χ4n) is 1.93. The first kappa shape index (κ1) is 15.1. The van der Waals surface area contributed by atoms with Crippen molar-refractivity contribution in [1.82, 2.24) is 5.32 Å². The van der Waals surface area contributed by atoms with Gasteiger partial charge < -0.3 is 5.32 Å². The van der Waals surface area contributed by atoms with Gasteiger partial charge in [-0.2, -0.15) is 0 Å². The fraction of sp³-hybridized carbons (Fsp3) is 0.538. The van der Waals surface area contributed by atoms with Crippen LogP contribution in [0, 0.1) is 12.7 Å². The van der Waals surface area contributed by atoms with E-state index in [1.165, 1.54) is 18.4 Å². The zero-order valence-electron chi connectivity index (χ0n) is 11.2. The van der Waals surface area contributed by atoms with Crippen LogP contribution in [-0.2, 0) is 16.3 Å². The van der Waals surface area contributed by atoms with Crippen molar-refractivity contribution in [3.05, 3.63) is 35.1 Å². The molecule has 0 saturated heterocycles. The predicted molar refractivity (Wildman–Crippen MR) is 72.0 cm³/mol. The molecule has 0 aromatic heterocycles. The molecular formula is C13H20FNO2S. The van der Waals surface area contributed by atoms with E-state index in [1.54, 1.807) is 20.0 Å². The number of sulfone groups is 1. The highest BCUT2D eigenvalue weighted by Gasteiger charge is 2.25. The highest BCUT2D eigenvalue weighted by molar-refractivity contribution is 7.91. The molecule has 102 valence electrons. The average Bonchev–Trinajstić information content (AvgIpc) is 2.26. The van der Waals surface area contributed by atoms with Crippen LogP contribution in [-0.4, -0.2) is 33.0 Å². The molecule has 1 aromatic rings. The molecule has 1 N–H and O–H groups in total. The Bertz CT molecular complexity index is 514. The molecule has 1 rings (SSSR count). The van der Waals surface area contributed by atoms with Gasteiger partial charge in [0.15, 0.2) is 9.84 Å². The minimum Gasteiger partial charge on any atom is -0.315 e. The number of aryl methyl sites for hydroxylation is 1. The number of nitrogens with one attached hydrogen (secondary N) is 1. The summed E-state index contributed by atoms with van der Waals surface area (Å²) in [5.41, 5.74) is 1.81. The van der Waals surface area contributed by atoms with Crippen molar-refractivity contribution in [2.75, 3.05) is 13.3 Å². The Balaban J connectivity index is 2.93. The van der Waals surface area contributed by atoms with Crippen molar-refractivity contribution in [2.24, 2.45) is 0 Å². The first-order valence-corrected chi connectivity index (χ1v) is 7.82. The monoisotopic (exact) mass is 273 g/mol. The highest BCUT2D eigenvalue weighted by atomic mass is 32.2. The first-order valence-electron chi connectivity index (χ1n) is 5.87. The first-order chi connectivity index (χ1) is 8.25. The highest BCUT2D eigenvalue weighted by Crippen LogP contribution is 2.15. The molecule has 18 heavy (non-hydrogen) atoms. The summed E-state index contributed by atoms with van der Waals surface area (Å²) in [5.74, 6) is -0.270. The van der Waals surface area contributed by atoms with Crippen LogP contribution in [0.4, 0.5) is 4.39 Å². The molecule has 2 atom stereocenters. The van der Waals surface area contributed by atoms with E-state index in [-0.39, 0.29) is 11.9 Å². The molecule has 0 radical (unpaired) electrons. The molecule has 0 fully saturated rings. The van der Waals surface area contributed by atoms with Gasteiger partial charge >= 0.3 is 0 Å². The second kappa shape index (κ2) is 5.80. The Hall–Kier alpha value is -0.940. The normalized spacial score (nSPS) is 15.4. The Morgan fingerprint density at radius 1 is 1.39 bits per heavy atom. The van der Waals surface area contributed by atoms with Crippen LogP contribution in [0.3, 0.4) is 0 Å². The summed E-state index contributed by atoms with van der Waals surface area (Å²) in [4.78, 5) is 0. The van der Waals surface area contributed by atoms with Crippen LogP contribution < -0.4 is 5.32 Å². The zero-order chi connectivity index (χ0) is 13.9. The molecule has 0 amide bonds. The minimum atomic E-state index is -3.09. The third-order valence-corrected chi connectivity index (χ3v) is 5.04. The third-order valence-electron chi connectivity index (χ3n) is 3.36. The van der Waals surface area contributed by atoms with Crippen molar-refractivity contribution >= 4 is 9.84 Å². The number of benzene rings is 1. The van der Waals surface area contributed by atoms with Crippen LogP contribution in [0.5, 0.6) is 0 Å². The van der Waals surface area contributed by atoms with Gasteiger partial charge in [-0.1, -0.05) is 6.07 Å². The quantitative estimate of drug-likeness (QED) is 0.888. The summed E-state index contributed by atoms with van der Waals surface area (Å²) >= 11 is 0. The van der Waals surface area contributed by atoms with Gasteiger partial charge in [0.05, 0.1) is 5.25 Å². The maximum absolute atomic E-state index is 13.0.